The predicted molar refractivity (Wildman–Crippen MR) is 112 cm³/mol. The van der Waals surface area contributed by atoms with Crippen LogP contribution >= 0.6 is 23.4 Å². The van der Waals surface area contributed by atoms with E-state index in [1.165, 1.54) is 31.4 Å². The van der Waals surface area contributed by atoms with Gasteiger partial charge in [-0.15, -0.1) is 0 Å². The monoisotopic (exact) mass is 447 g/mol. The van der Waals surface area contributed by atoms with Crippen LogP contribution < -0.4 is 10.1 Å². The summed E-state index contributed by atoms with van der Waals surface area (Å²) in [7, 11) is 1.45. The lowest BCUT2D eigenvalue weighted by molar-refractivity contribution is -0.384. The number of nitro benzene ring substituents is 1. The van der Waals surface area contributed by atoms with E-state index >= 15 is 0 Å². The van der Waals surface area contributed by atoms with Crippen molar-refractivity contribution in [2.24, 2.45) is 0 Å². The minimum atomic E-state index is -0.669. The zero-order chi connectivity index (χ0) is 21.8. The van der Waals surface area contributed by atoms with Gasteiger partial charge in [-0.1, -0.05) is 29.8 Å². The van der Waals surface area contributed by atoms with E-state index in [9.17, 15) is 24.5 Å². The maximum Gasteiger partial charge on any atom is 0.294 e. The van der Waals surface area contributed by atoms with E-state index in [4.69, 9.17) is 16.3 Å². The van der Waals surface area contributed by atoms with Gasteiger partial charge in [-0.3, -0.25) is 29.4 Å². The van der Waals surface area contributed by atoms with Crippen LogP contribution in [0.1, 0.15) is 5.56 Å². The van der Waals surface area contributed by atoms with Crippen LogP contribution in [0.15, 0.2) is 47.4 Å². The molecule has 0 aromatic heterocycles. The molecule has 0 spiro atoms. The maximum absolute atomic E-state index is 12.6. The van der Waals surface area contributed by atoms with Gasteiger partial charge in [0, 0.05) is 6.07 Å². The Labute approximate surface area is 179 Å². The second-order valence-electron chi connectivity index (χ2n) is 5.98. The number of amides is 3. The van der Waals surface area contributed by atoms with Crippen molar-refractivity contribution >= 4 is 57.9 Å². The number of rotatable bonds is 6. The van der Waals surface area contributed by atoms with Gasteiger partial charge in [0.05, 0.1) is 22.6 Å². The first-order valence-corrected chi connectivity index (χ1v) is 9.61. The van der Waals surface area contributed by atoms with Crippen LogP contribution in [0.5, 0.6) is 5.75 Å². The first-order chi connectivity index (χ1) is 14.3. The molecule has 3 rings (SSSR count). The quantitative estimate of drug-likeness (QED) is 0.404. The van der Waals surface area contributed by atoms with Crippen LogP contribution in [0, 0.1) is 10.1 Å². The van der Waals surface area contributed by atoms with E-state index in [1.807, 2.05) is 0 Å². The second-order valence-corrected chi connectivity index (χ2v) is 7.38. The summed E-state index contributed by atoms with van der Waals surface area (Å²) < 4.78 is 5.14. The van der Waals surface area contributed by atoms with Crippen molar-refractivity contribution in [3.63, 3.8) is 0 Å². The predicted octanol–water partition coefficient (Wildman–Crippen LogP) is 3.93. The molecule has 9 nitrogen and oxygen atoms in total. The molecule has 1 aliphatic rings. The summed E-state index contributed by atoms with van der Waals surface area (Å²) in [5.41, 5.74) is 0.414. The van der Waals surface area contributed by atoms with Gasteiger partial charge >= 0.3 is 0 Å². The lowest BCUT2D eigenvalue weighted by Gasteiger charge is -2.14. The van der Waals surface area contributed by atoms with Crippen LogP contribution in [-0.2, 0) is 9.59 Å². The molecule has 30 heavy (non-hydrogen) atoms. The number of methoxy groups -OCH3 is 1. The number of imide groups is 1. The van der Waals surface area contributed by atoms with Crippen molar-refractivity contribution in [2.45, 2.75) is 0 Å². The van der Waals surface area contributed by atoms with E-state index in [2.05, 4.69) is 5.32 Å². The summed E-state index contributed by atoms with van der Waals surface area (Å²) >= 11 is 6.42. The highest BCUT2D eigenvalue weighted by atomic mass is 35.5. The maximum atomic E-state index is 12.6. The summed E-state index contributed by atoms with van der Waals surface area (Å²) in [5, 5.41) is 12.9. The molecule has 11 heteroatoms. The first kappa shape index (κ1) is 21.3. The number of para-hydroxylation sites is 2. The second kappa shape index (κ2) is 8.97. The van der Waals surface area contributed by atoms with E-state index in [0.29, 0.717) is 28.8 Å². The summed E-state index contributed by atoms with van der Waals surface area (Å²) in [6.07, 6.45) is 1.34. The Balaban J connectivity index is 1.75. The van der Waals surface area contributed by atoms with E-state index in [1.54, 1.807) is 24.3 Å². The highest BCUT2D eigenvalue weighted by Crippen LogP contribution is 2.34. The Bertz CT molecular complexity index is 1090. The number of ether oxygens (including phenoxy) is 1. The Kier molecular flexibility index (Phi) is 6.38. The fraction of sp³-hybridized carbons (Fsp3) is 0.105. The SMILES string of the molecule is COc1ccccc1NC(=O)CN1C(=O)S/C(=C\c2ccc(Cl)c([N+](=O)[O-])c2)C1=O. The van der Waals surface area contributed by atoms with Crippen LogP contribution in [0.25, 0.3) is 6.08 Å². The topological polar surface area (TPSA) is 119 Å². The molecule has 154 valence electrons. The van der Waals surface area contributed by atoms with Crippen molar-refractivity contribution in [3.05, 3.63) is 68.1 Å². The first-order valence-electron chi connectivity index (χ1n) is 8.42. The zero-order valence-corrected chi connectivity index (χ0v) is 17.0. The number of halogens is 1. The molecule has 1 fully saturated rings. The Hall–Kier alpha value is -3.37. The number of thioether (sulfide) groups is 1. The third kappa shape index (κ3) is 4.61. The van der Waals surface area contributed by atoms with Crippen molar-refractivity contribution in [3.8, 4) is 5.75 Å². The third-order valence-corrected chi connectivity index (χ3v) is 5.25. The molecule has 0 radical (unpaired) electrons. The fourth-order valence-corrected chi connectivity index (χ4v) is 3.65. The standard InChI is InChI=1S/C19H14ClN3O6S/c1-29-15-5-3-2-4-13(15)21-17(24)10-22-18(25)16(30-19(22)26)9-11-6-7-12(20)14(8-11)23(27)28/h2-9H,10H2,1H3,(H,21,24)/b16-9-. The molecule has 1 N–H and O–H groups in total. The number of carbonyl (C=O) groups is 3. The van der Waals surface area contributed by atoms with Crippen molar-refractivity contribution in [2.75, 3.05) is 19.0 Å². The minimum Gasteiger partial charge on any atom is -0.495 e. The van der Waals surface area contributed by atoms with Crippen LogP contribution in [-0.4, -0.2) is 40.5 Å². The van der Waals surface area contributed by atoms with Crippen molar-refractivity contribution in [1.29, 1.82) is 0 Å². The molecule has 1 aliphatic heterocycles. The summed E-state index contributed by atoms with van der Waals surface area (Å²) in [6, 6.07) is 10.7. The van der Waals surface area contributed by atoms with E-state index in [0.717, 1.165) is 4.90 Å². The average Bonchev–Trinajstić information content (AvgIpc) is 2.97. The van der Waals surface area contributed by atoms with Gasteiger partial charge in [-0.25, -0.2) is 0 Å². The number of benzene rings is 2. The Morgan fingerprint density at radius 2 is 2.03 bits per heavy atom. The molecule has 3 amide bonds. The van der Waals surface area contributed by atoms with Gasteiger partial charge in [-0.2, -0.15) is 0 Å². The van der Waals surface area contributed by atoms with E-state index in [-0.39, 0.29) is 15.6 Å². The lowest BCUT2D eigenvalue weighted by Crippen LogP contribution is -2.36. The van der Waals surface area contributed by atoms with Crippen LogP contribution in [0.2, 0.25) is 5.02 Å². The van der Waals surface area contributed by atoms with Crippen LogP contribution in [0.3, 0.4) is 0 Å². The number of nitro groups is 1. The van der Waals surface area contributed by atoms with Gasteiger partial charge < -0.3 is 10.1 Å². The third-order valence-electron chi connectivity index (χ3n) is 4.02. The van der Waals surface area contributed by atoms with Gasteiger partial charge in [0.15, 0.2) is 0 Å². The normalized spacial score (nSPS) is 14.9. The van der Waals surface area contributed by atoms with Crippen LogP contribution in [0.4, 0.5) is 16.2 Å². The van der Waals surface area contributed by atoms with E-state index < -0.39 is 28.5 Å². The van der Waals surface area contributed by atoms with Gasteiger partial charge in [0.25, 0.3) is 16.8 Å². The molecular formula is C19H14ClN3O6S. The zero-order valence-electron chi connectivity index (χ0n) is 15.5. The van der Waals surface area contributed by atoms with Gasteiger partial charge in [-0.05, 0) is 41.6 Å². The molecule has 0 bridgehead atoms. The molecule has 2 aromatic carbocycles. The number of nitrogens with zero attached hydrogens (tertiary/aromatic N) is 2. The number of nitrogens with one attached hydrogen (secondary N) is 1. The summed E-state index contributed by atoms with van der Waals surface area (Å²) in [5.74, 6) is -0.813. The fourth-order valence-electron chi connectivity index (χ4n) is 2.63. The summed E-state index contributed by atoms with van der Waals surface area (Å²) in [4.78, 5) is 48.3. The Morgan fingerprint density at radius 1 is 1.30 bits per heavy atom. The number of hydrogen-bond donors (Lipinski definition) is 1. The van der Waals surface area contributed by atoms with Gasteiger partial charge in [0.1, 0.15) is 17.3 Å². The molecule has 2 aromatic rings. The molecule has 1 heterocycles. The molecule has 1 saturated heterocycles. The average molecular weight is 448 g/mol. The number of anilines is 1. The number of carbonyl (C=O) groups excluding carboxylic acids is 3. The molecule has 0 aliphatic carbocycles. The highest BCUT2D eigenvalue weighted by Gasteiger charge is 2.36. The van der Waals surface area contributed by atoms with Crippen molar-refractivity contribution in [1.82, 2.24) is 4.90 Å². The lowest BCUT2D eigenvalue weighted by atomic mass is 10.2. The van der Waals surface area contributed by atoms with Crippen molar-refractivity contribution < 1.29 is 24.0 Å². The molecule has 0 saturated carbocycles. The largest absolute Gasteiger partial charge is 0.495 e. The molecular weight excluding hydrogens is 434 g/mol. The molecule has 0 unspecified atom stereocenters. The summed E-state index contributed by atoms with van der Waals surface area (Å²) in [6.45, 7) is -0.485. The highest BCUT2D eigenvalue weighted by molar-refractivity contribution is 8.18. The smallest absolute Gasteiger partial charge is 0.294 e. The van der Waals surface area contributed by atoms with Gasteiger partial charge in [0.2, 0.25) is 5.91 Å². The molecule has 0 atom stereocenters. The minimum absolute atomic E-state index is 0.0433. The number of hydrogen-bond acceptors (Lipinski definition) is 7. The Morgan fingerprint density at radius 3 is 2.73 bits per heavy atom.